The molecule has 0 unspecified atom stereocenters. The highest BCUT2D eigenvalue weighted by Gasteiger charge is 2.34. The molecule has 0 amide bonds. The number of benzene rings is 3. The maximum absolute atomic E-state index is 10.1. The number of likely N-dealkylation sites (tertiary alicyclic amines) is 1. The summed E-state index contributed by atoms with van der Waals surface area (Å²) in [5.41, 5.74) is 4.88. The van der Waals surface area contributed by atoms with E-state index in [1.807, 2.05) is 18.2 Å². The average Bonchev–Trinajstić information content (AvgIpc) is 2.85. The largest absolute Gasteiger partial charge is 0.508 e. The molecule has 3 aromatic rings. The van der Waals surface area contributed by atoms with Gasteiger partial charge in [-0.3, -0.25) is 4.90 Å². The van der Waals surface area contributed by atoms with Crippen LogP contribution in [0.25, 0.3) is 0 Å². The Hall–Kier alpha value is -2.98. The topological polar surface area (TPSA) is 52.9 Å². The van der Waals surface area contributed by atoms with Crippen molar-refractivity contribution in [3.05, 3.63) is 89.0 Å². The highest BCUT2D eigenvalue weighted by atomic mass is 16.5. The van der Waals surface area contributed by atoms with E-state index in [1.54, 1.807) is 18.2 Å². The molecule has 2 N–H and O–H groups in total. The van der Waals surface area contributed by atoms with Gasteiger partial charge in [0.15, 0.2) is 0 Å². The summed E-state index contributed by atoms with van der Waals surface area (Å²) in [6.45, 7) is 4.00. The number of para-hydroxylation sites is 1. The number of ether oxygens (including phenoxy) is 1. The molecule has 1 fully saturated rings. The molecule has 0 spiro atoms. The third kappa shape index (κ3) is 4.86. The number of hydrogen-bond acceptors (Lipinski definition) is 4. The van der Waals surface area contributed by atoms with Crippen molar-refractivity contribution in [3.8, 4) is 17.2 Å². The number of hydrogen-bond donors (Lipinski definition) is 2. The molecule has 4 nitrogen and oxygen atoms in total. The summed E-state index contributed by atoms with van der Waals surface area (Å²) in [7, 11) is 0. The Kier molecular flexibility index (Phi) is 6.54. The first-order chi connectivity index (χ1) is 16.2. The molecule has 1 saturated heterocycles. The molecule has 2 aliphatic rings. The van der Waals surface area contributed by atoms with Crippen LogP contribution in [0.15, 0.2) is 66.7 Å². The molecule has 0 radical (unpaired) electrons. The van der Waals surface area contributed by atoms with Gasteiger partial charge < -0.3 is 14.9 Å². The number of nitrogens with zero attached hydrogens (tertiary/aromatic N) is 1. The predicted molar refractivity (Wildman–Crippen MR) is 131 cm³/mol. The third-order valence-corrected chi connectivity index (χ3v) is 7.28. The molecular formula is C29H33NO3. The van der Waals surface area contributed by atoms with Crippen LogP contribution in [0.1, 0.15) is 59.8 Å². The fourth-order valence-corrected chi connectivity index (χ4v) is 5.61. The predicted octanol–water partition coefficient (Wildman–Crippen LogP) is 5.82. The van der Waals surface area contributed by atoms with Crippen molar-refractivity contribution in [2.75, 3.05) is 26.2 Å². The molecule has 0 bridgehead atoms. The van der Waals surface area contributed by atoms with Gasteiger partial charge in [-0.05, 0) is 91.7 Å². The van der Waals surface area contributed by atoms with E-state index in [1.165, 1.54) is 54.6 Å². The zero-order valence-electron chi connectivity index (χ0n) is 19.1. The van der Waals surface area contributed by atoms with Crippen molar-refractivity contribution >= 4 is 0 Å². The quantitative estimate of drug-likeness (QED) is 0.504. The van der Waals surface area contributed by atoms with Gasteiger partial charge in [0, 0.05) is 18.0 Å². The summed E-state index contributed by atoms with van der Waals surface area (Å²) >= 11 is 0. The van der Waals surface area contributed by atoms with E-state index >= 15 is 0 Å². The van der Waals surface area contributed by atoms with Gasteiger partial charge in [0.05, 0.1) is 0 Å². The number of phenols is 2. The van der Waals surface area contributed by atoms with E-state index in [2.05, 4.69) is 35.2 Å². The fraction of sp³-hybridized carbons (Fsp3) is 0.379. The molecule has 1 aliphatic heterocycles. The van der Waals surface area contributed by atoms with Gasteiger partial charge in [0.1, 0.15) is 23.9 Å². The summed E-state index contributed by atoms with van der Waals surface area (Å²) in [5, 5.41) is 19.9. The van der Waals surface area contributed by atoms with Crippen molar-refractivity contribution in [2.45, 2.75) is 43.9 Å². The van der Waals surface area contributed by atoms with E-state index in [4.69, 9.17) is 4.74 Å². The van der Waals surface area contributed by atoms with Crippen molar-refractivity contribution in [3.63, 3.8) is 0 Å². The summed E-state index contributed by atoms with van der Waals surface area (Å²) < 4.78 is 6.40. The number of fused-ring (bicyclic) bond motifs is 1. The Balaban J connectivity index is 1.47. The van der Waals surface area contributed by atoms with Gasteiger partial charge in [0.2, 0.25) is 0 Å². The Morgan fingerprint density at radius 2 is 1.58 bits per heavy atom. The Labute approximate surface area is 196 Å². The SMILES string of the molecule is Oc1ccc([C@@H]2CCc3cc(O)ccc3[C@@H]2c2ccccc2OCCN2CCCCC2)cc1. The van der Waals surface area contributed by atoms with E-state index in [-0.39, 0.29) is 17.6 Å². The number of aromatic hydroxyl groups is 2. The third-order valence-electron chi connectivity index (χ3n) is 7.28. The normalized spacial score (nSPS) is 20.8. The molecule has 1 aliphatic carbocycles. The molecule has 33 heavy (non-hydrogen) atoms. The number of aryl methyl sites for hydroxylation is 1. The highest BCUT2D eigenvalue weighted by molar-refractivity contribution is 5.51. The summed E-state index contributed by atoms with van der Waals surface area (Å²) in [4.78, 5) is 2.50. The average molecular weight is 444 g/mol. The van der Waals surface area contributed by atoms with Crippen LogP contribution >= 0.6 is 0 Å². The van der Waals surface area contributed by atoms with Crippen LogP contribution in [-0.2, 0) is 6.42 Å². The van der Waals surface area contributed by atoms with Crippen molar-refractivity contribution in [2.24, 2.45) is 0 Å². The van der Waals surface area contributed by atoms with Crippen molar-refractivity contribution in [1.82, 2.24) is 4.90 Å². The van der Waals surface area contributed by atoms with Gasteiger partial charge in [-0.2, -0.15) is 0 Å². The minimum Gasteiger partial charge on any atom is -0.508 e. The van der Waals surface area contributed by atoms with Crippen molar-refractivity contribution < 1.29 is 14.9 Å². The van der Waals surface area contributed by atoms with Crippen LogP contribution in [0.2, 0.25) is 0 Å². The lowest BCUT2D eigenvalue weighted by Gasteiger charge is -2.35. The molecule has 172 valence electrons. The number of piperidine rings is 1. The zero-order chi connectivity index (χ0) is 22.6. The van der Waals surface area contributed by atoms with Crippen molar-refractivity contribution in [1.29, 1.82) is 0 Å². The number of phenolic OH excluding ortho intramolecular Hbond substituents is 2. The maximum atomic E-state index is 10.1. The van der Waals surface area contributed by atoms with E-state index in [0.29, 0.717) is 12.4 Å². The van der Waals surface area contributed by atoms with Gasteiger partial charge >= 0.3 is 0 Å². The number of rotatable bonds is 6. The molecule has 4 heteroatoms. The maximum Gasteiger partial charge on any atom is 0.123 e. The first-order valence-electron chi connectivity index (χ1n) is 12.2. The highest BCUT2D eigenvalue weighted by Crippen LogP contribution is 2.49. The summed E-state index contributed by atoms with van der Waals surface area (Å²) in [6.07, 6.45) is 5.82. The molecule has 0 saturated carbocycles. The second kappa shape index (κ2) is 9.88. The monoisotopic (exact) mass is 443 g/mol. The molecule has 2 atom stereocenters. The standard InChI is InChI=1S/C29H33NO3/c31-23-11-8-21(9-12-23)25-14-10-22-20-24(32)13-15-26(22)29(25)27-6-2-3-7-28(27)33-19-18-30-16-4-1-5-17-30/h2-3,6-9,11-13,15,20,25,29,31-32H,1,4-5,10,14,16-19H2/t25-,29+/m0/s1. The first-order valence-corrected chi connectivity index (χ1v) is 12.2. The van der Waals surface area contributed by atoms with Gasteiger partial charge in [-0.15, -0.1) is 0 Å². The van der Waals surface area contributed by atoms with Crippen LogP contribution in [0, 0.1) is 0 Å². The van der Waals surface area contributed by atoms with Gasteiger partial charge in [-0.25, -0.2) is 0 Å². The molecule has 5 rings (SSSR count). The lowest BCUT2D eigenvalue weighted by molar-refractivity contribution is 0.182. The van der Waals surface area contributed by atoms with Crippen LogP contribution < -0.4 is 4.74 Å². The van der Waals surface area contributed by atoms with Crippen LogP contribution in [0.4, 0.5) is 0 Å². The Morgan fingerprint density at radius 1 is 0.818 bits per heavy atom. The minimum absolute atomic E-state index is 0.130. The fourth-order valence-electron chi connectivity index (χ4n) is 5.61. The molecule has 1 heterocycles. The summed E-state index contributed by atoms with van der Waals surface area (Å²) in [5.74, 6) is 1.96. The summed E-state index contributed by atoms with van der Waals surface area (Å²) in [6, 6.07) is 21.8. The Bertz CT molecular complexity index is 1070. The smallest absolute Gasteiger partial charge is 0.123 e. The second-order valence-corrected chi connectivity index (χ2v) is 9.39. The zero-order valence-corrected chi connectivity index (χ0v) is 19.1. The molecule has 0 aromatic heterocycles. The first kappa shape index (κ1) is 21.8. The van der Waals surface area contributed by atoms with Gasteiger partial charge in [-0.1, -0.05) is 42.8 Å². The minimum atomic E-state index is 0.130. The lowest BCUT2D eigenvalue weighted by atomic mass is 9.69. The molecule has 3 aromatic carbocycles. The van der Waals surface area contributed by atoms with Crippen LogP contribution in [0.3, 0.4) is 0 Å². The van der Waals surface area contributed by atoms with Crippen LogP contribution in [0.5, 0.6) is 17.2 Å². The van der Waals surface area contributed by atoms with E-state index in [9.17, 15) is 10.2 Å². The van der Waals surface area contributed by atoms with Gasteiger partial charge in [0.25, 0.3) is 0 Å². The van der Waals surface area contributed by atoms with E-state index < -0.39 is 0 Å². The second-order valence-electron chi connectivity index (χ2n) is 9.39. The van der Waals surface area contributed by atoms with E-state index in [0.717, 1.165) is 25.1 Å². The Morgan fingerprint density at radius 3 is 2.39 bits per heavy atom. The van der Waals surface area contributed by atoms with Crippen LogP contribution in [-0.4, -0.2) is 41.4 Å². The lowest BCUT2D eigenvalue weighted by Crippen LogP contribution is -2.33. The molecular weight excluding hydrogens is 410 g/mol.